The lowest BCUT2D eigenvalue weighted by atomic mass is 9.94. The van der Waals surface area contributed by atoms with Crippen molar-refractivity contribution >= 4 is 24.2 Å². The number of carbonyl (C=O) groups excluding carboxylic acids is 2. The van der Waals surface area contributed by atoms with Crippen LogP contribution in [0.4, 0.5) is 0 Å². The Labute approximate surface area is 152 Å². The number of pyridine rings is 1. The molecule has 1 aliphatic rings. The van der Waals surface area contributed by atoms with E-state index < -0.39 is 0 Å². The molecule has 3 N–H and O–H groups in total. The molecular weight excluding hydrogens is 340 g/mol. The van der Waals surface area contributed by atoms with E-state index in [-0.39, 0.29) is 36.0 Å². The largest absolute Gasteiger partial charge is 0.354 e. The van der Waals surface area contributed by atoms with E-state index in [1.54, 1.807) is 19.2 Å². The van der Waals surface area contributed by atoms with E-state index >= 15 is 0 Å². The molecule has 0 saturated carbocycles. The summed E-state index contributed by atoms with van der Waals surface area (Å²) < 4.78 is 0. The molecule has 1 aromatic carbocycles. The second-order valence-corrected chi connectivity index (χ2v) is 5.68. The Morgan fingerprint density at radius 1 is 1.20 bits per heavy atom. The number of hydrogen-bond acceptors (Lipinski definition) is 4. The maximum Gasteiger partial charge on any atom is 0.269 e. The van der Waals surface area contributed by atoms with Crippen LogP contribution in [0, 0.1) is 0 Å². The van der Waals surface area contributed by atoms with Crippen LogP contribution in [-0.2, 0) is 6.42 Å². The predicted octanol–water partition coefficient (Wildman–Crippen LogP) is 1.48. The maximum absolute atomic E-state index is 12.3. The first-order valence-corrected chi connectivity index (χ1v) is 7.96. The third kappa shape index (κ3) is 4.35. The molecule has 0 saturated heterocycles. The zero-order chi connectivity index (χ0) is 16.9. The summed E-state index contributed by atoms with van der Waals surface area (Å²) in [6.07, 6.45) is 2.42. The first-order valence-electron chi connectivity index (χ1n) is 7.96. The van der Waals surface area contributed by atoms with Gasteiger partial charge in [0, 0.05) is 25.8 Å². The average molecular weight is 361 g/mol. The topological polar surface area (TPSA) is 83.1 Å². The molecule has 1 aliphatic heterocycles. The Morgan fingerprint density at radius 3 is 2.72 bits per heavy atom. The average Bonchev–Trinajstić information content (AvgIpc) is 2.65. The molecular formula is C18H21ClN4O2. The highest BCUT2D eigenvalue weighted by Gasteiger charge is 2.20. The zero-order valence-electron chi connectivity index (χ0n) is 13.9. The van der Waals surface area contributed by atoms with Crippen molar-refractivity contribution in [3.63, 3.8) is 0 Å². The lowest BCUT2D eigenvalue weighted by Crippen LogP contribution is -2.38. The fourth-order valence-electron chi connectivity index (χ4n) is 2.86. The smallest absolute Gasteiger partial charge is 0.269 e. The van der Waals surface area contributed by atoms with Gasteiger partial charge in [-0.25, -0.2) is 0 Å². The number of carbonyl (C=O) groups is 2. The summed E-state index contributed by atoms with van der Waals surface area (Å²) in [5, 5.41) is 8.86. The van der Waals surface area contributed by atoms with Gasteiger partial charge in [-0.15, -0.1) is 12.4 Å². The van der Waals surface area contributed by atoms with Crippen LogP contribution in [0.1, 0.15) is 38.0 Å². The Balaban J connectivity index is 0.00000225. The van der Waals surface area contributed by atoms with Gasteiger partial charge in [-0.1, -0.05) is 24.3 Å². The maximum atomic E-state index is 12.3. The minimum atomic E-state index is -0.273. The van der Waals surface area contributed by atoms with E-state index in [0.29, 0.717) is 12.1 Å². The summed E-state index contributed by atoms with van der Waals surface area (Å²) in [6.45, 7) is 1.41. The SMILES string of the molecule is CNC(=O)c1ccc(C(=O)NCC2NCCc3ccccc32)cn1.Cl. The van der Waals surface area contributed by atoms with Crippen LogP contribution in [0.3, 0.4) is 0 Å². The molecule has 25 heavy (non-hydrogen) atoms. The molecule has 7 heteroatoms. The lowest BCUT2D eigenvalue weighted by Gasteiger charge is -2.27. The molecule has 132 valence electrons. The molecule has 6 nitrogen and oxygen atoms in total. The molecule has 0 aliphatic carbocycles. The summed E-state index contributed by atoms with van der Waals surface area (Å²) in [7, 11) is 1.54. The quantitative estimate of drug-likeness (QED) is 0.771. The van der Waals surface area contributed by atoms with Crippen LogP contribution in [0.2, 0.25) is 0 Å². The Kier molecular flexibility index (Phi) is 6.50. The number of fused-ring (bicyclic) bond motifs is 1. The first-order chi connectivity index (χ1) is 11.7. The number of hydrogen-bond donors (Lipinski definition) is 3. The van der Waals surface area contributed by atoms with Gasteiger partial charge >= 0.3 is 0 Å². The number of aromatic nitrogens is 1. The van der Waals surface area contributed by atoms with Crippen LogP contribution in [0.25, 0.3) is 0 Å². The molecule has 3 rings (SSSR count). The van der Waals surface area contributed by atoms with Gasteiger partial charge in [-0.2, -0.15) is 0 Å². The van der Waals surface area contributed by atoms with E-state index in [2.05, 4.69) is 33.1 Å². The molecule has 0 fully saturated rings. The number of amides is 2. The molecule has 1 atom stereocenters. The fourth-order valence-corrected chi connectivity index (χ4v) is 2.86. The number of halogens is 1. The van der Waals surface area contributed by atoms with Gasteiger partial charge in [0.2, 0.25) is 0 Å². The van der Waals surface area contributed by atoms with Gasteiger partial charge in [0.25, 0.3) is 11.8 Å². The number of nitrogens with one attached hydrogen (secondary N) is 3. The molecule has 1 aromatic heterocycles. The van der Waals surface area contributed by atoms with E-state index in [9.17, 15) is 9.59 Å². The third-order valence-electron chi connectivity index (χ3n) is 4.17. The van der Waals surface area contributed by atoms with Crippen molar-refractivity contribution in [1.82, 2.24) is 20.9 Å². The van der Waals surface area contributed by atoms with Crippen molar-refractivity contribution in [3.05, 3.63) is 65.0 Å². The molecule has 0 radical (unpaired) electrons. The van der Waals surface area contributed by atoms with E-state index in [1.807, 2.05) is 12.1 Å². The predicted molar refractivity (Wildman–Crippen MR) is 98.1 cm³/mol. The minimum Gasteiger partial charge on any atom is -0.354 e. The van der Waals surface area contributed by atoms with Crippen LogP contribution < -0.4 is 16.0 Å². The van der Waals surface area contributed by atoms with Crippen molar-refractivity contribution in [2.45, 2.75) is 12.5 Å². The van der Waals surface area contributed by atoms with Crippen LogP contribution in [0.15, 0.2) is 42.6 Å². The summed E-state index contributed by atoms with van der Waals surface area (Å²) in [5.41, 5.74) is 3.29. The van der Waals surface area contributed by atoms with Crippen molar-refractivity contribution in [2.75, 3.05) is 20.1 Å². The van der Waals surface area contributed by atoms with Crippen molar-refractivity contribution in [1.29, 1.82) is 0 Å². The highest BCUT2D eigenvalue weighted by atomic mass is 35.5. The molecule has 2 heterocycles. The lowest BCUT2D eigenvalue weighted by molar-refractivity contribution is 0.0939. The molecule has 0 spiro atoms. The van der Waals surface area contributed by atoms with Gasteiger partial charge in [-0.3, -0.25) is 14.6 Å². The number of benzene rings is 1. The zero-order valence-corrected chi connectivity index (χ0v) is 14.7. The van der Waals surface area contributed by atoms with Gasteiger partial charge in [-0.05, 0) is 36.2 Å². The first kappa shape index (κ1) is 18.9. The second-order valence-electron chi connectivity index (χ2n) is 5.68. The van der Waals surface area contributed by atoms with Crippen LogP contribution in [0.5, 0.6) is 0 Å². The van der Waals surface area contributed by atoms with Gasteiger partial charge in [0.15, 0.2) is 0 Å². The molecule has 1 unspecified atom stereocenters. The normalized spacial score (nSPS) is 15.5. The second kappa shape index (κ2) is 8.60. The Bertz CT molecular complexity index is 749. The van der Waals surface area contributed by atoms with Crippen LogP contribution >= 0.6 is 12.4 Å². The standard InChI is InChI=1S/C18H20N4O2.ClH/c1-19-18(24)15-7-6-13(10-21-15)17(23)22-11-16-14-5-3-2-4-12(14)8-9-20-16;/h2-7,10,16,20H,8-9,11H2,1H3,(H,19,24)(H,22,23);1H. The summed E-state index contributed by atoms with van der Waals surface area (Å²) in [4.78, 5) is 27.7. The van der Waals surface area contributed by atoms with Crippen molar-refractivity contribution in [2.24, 2.45) is 0 Å². The van der Waals surface area contributed by atoms with E-state index in [0.717, 1.165) is 13.0 Å². The molecule has 0 bridgehead atoms. The van der Waals surface area contributed by atoms with Crippen molar-refractivity contribution in [3.8, 4) is 0 Å². The van der Waals surface area contributed by atoms with Gasteiger partial charge in [0.05, 0.1) is 5.56 Å². The third-order valence-corrected chi connectivity index (χ3v) is 4.17. The monoisotopic (exact) mass is 360 g/mol. The Morgan fingerprint density at radius 2 is 2.00 bits per heavy atom. The summed E-state index contributed by atoms with van der Waals surface area (Å²) >= 11 is 0. The fraction of sp³-hybridized carbons (Fsp3) is 0.278. The van der Waals surface area contributed by atoms with Crippen LogP contribution in [-0.4, -0.2) is 36.9 Å². The van der Waals surface area contributed by atoms with Gasteiger partial charge in [0.1, 0.15) is 5.69 Å². The van der Waals surface area contributed by atoms with Crippen molar-refractivity contribution < 1.29 is 9.59 Å². The van der Waals surface area contributed by atoms with E-state index in [1.165, 1.54) is 17.3 Å². The highest BCUT2D eigenvalue weighted by Crippen LogP contribution is 2.21. The minimum absolute atomic E-state index is 0. The highest BCUT2D eigenvalue weighted by molar-refractivity contribution is 5.96. The molecule has 2 aromatic rings. The Hall–Kier alpha value is -2.44. The van der Waals surface area contributed by atoms with E-state index in [4.69, 9.17) is 0 Å². The molecule has 2 amide bonds. The number of nitrogens with zero attached hydrogens (tertiary/aromatic N) is 1. The summed E-state index contributed by atoms with van der Waals surface area (Å²) in [6, 6.07) is 11.5. The number of rotatable bonds is 4. The summed E-state index contributed by atoms with van der Waals surface area (Å²) in [5.74, 6) is -0.471. The van der Waals surface area contributed by atoms with Gasteiger partial charge < -0.3 is 16.0 Å².